The van der Waals surface area contributed by atoms with E-state index in [1.165, 1.54) is 12.8 Å². The van der Waals surface area contributed by atoms with E-state index in [4.69, 9.17) is 0 Å². The third-order valence-corrected chi connectivity index (χ3v) is 4.37. The van der Waals surface area contributed by atoms with Crippen molar-refractivity contribution in [2.75, 3.05) is 19.3 Å². The number of thioether (sulfide) groups is 1. The van der Waals surface area contributed by atoms with Crippen LogP contribution in [0.1, 0.15) is 39.5 Å². The molecule has 4 heteroatoms. The minimum absolute atomic E-state index is 0.0279. The van der Waals surface area contributed by atoms with Crippen molar-refractivity contribution in [2.24, 2.45) is 0 Å². The Morgan fingerprint density at radius 1 is 1.44 bits per heavy atom. The largest absolute Gasteiger partial charge is 0.353 e. The Morgan fingerprint density at radius 3 is 2.88 bits per heavy atom. The van der Waals surface area contributed by atoms with Gasteiger partial charge in [0, 0.05) is 11.3 Å². The molecule has 1 aliphatic heterocycles. The molecule has 1 amide bonds. The van der Waals surface area contributed by atoms with E-state index in [0.29, 0.717) is 0 Å². The first-order valence-electron chi connectivity index (χ1n) is 6.11. The lowest BCUT2D eigenvalue weighted by atomic mass is 10.1. The molecule has 0 bridgehead atoms. The maximum Gasteiger partial charge on any atom is 0.237 e. The van der Waals surface area contributed by atoms with E-state index in [0.717, 1.165) is 25.9 Å². The van der Waals surface area contributed by atoms with Gasteiger partial charge in [0.05, 0.1) is 6.04 Å². The van der Waals surface area contributed by atoms with Crippen LogP contribution < -0.4 is 10.6 Å². The molecule has 0 aliphatic carbocycles. The highest BCUT2D eigenvalue weighted by atomic mass is 32.2. The Hall–Kier alpha value is -0.220. The number of carbonyl (C=O) groups excluding carboxylic acids is 1. The van der Waals surface area contributed by atoms with Crippen molar-refractivity contribution in [2.45, 2.75) is 50.3 Å². The van der Waals surface area contributed by atoms with Gasteiger partial charge < -0.3 is 10.6 Å². The SMILES string of the molecule is CSC(C)(C)CNC(=O)C1CCCCCN1. The Kier molecular flexibility index (Phi) is 5.62. The molecule has 1 fully saturated rings. The molecule has 1 unspecified atom stereocenters. The van der Waals surface area contributed by atoms with Crippen molar-refractivity contribution in [1.29, 1.82) is 0 Å². The van der Waals surface area contributed by atoms with E-state index in [2.05, 4.69) is 30.7 Å². The lowest BCUT2D eigenvalue weighted by molar-refractivity contribution is -0.123. The molecule has 2 N–H and O–H groups in total. The van der Waals surface area contributed by atoms with Gasteiger partial charge in [-0.1, -0.05) is 12.8 Å². The van der Waals surface area contributed by atoms with E-state index in [-0.39, 0.29) is 16.7 Å². The van der Waals surface area contributed by atoms with E-state index < -0.39 is 0 Å². The summed E-state index contributed by atoms with van der Waals surface area (Å²) in [6.07, 6.45) is 6.66. The molecular weight excluding hydrogens is 220 g/mol. The van der Waals surface area contributed by atoms with E-state index in [1.54, 1.807) is 11.8 Å². The Bertz CT molecular complexity index is 223. The van der Waals surface area contributed by atoms with Crippen molar-refractivity contribution in [1.82, 2.24) is 10.6 Å². The summed E-state index contributed by atoms with van der Waals surface area (Å²) >= 11 is 1.78. The molecule has 1 heterocycles. The average molecular weight is 244 g/mol. The zero-order chi connectivity index (χ0) is 12.0. The van der Waals surface area contributed by atoms with Crippen LogP contribution in [0.4, 0.5) is 0 Å². The van der Waals surface area contributed by atoms with Gasteiger partial charge >= 0.3 is 0 Å². The number of hydrogen-bond acceptors (Lipinski definition) is 3. The molecular formula is C12H24N2OS. The molecule has 3 nitrogen and oxygen atoms in total. The summed E-state index contributed by atoms with van der Waals surface area (Å²) in [6, 6.07) is 0.0279. The number of amides is 1. The van der Waals surface area contributed by atoms with Gasteiger partial charge in [0.15, 0.2) is 0 Å². The molecule has 0 aromatic rings. The van der Waals surface area contributed by atoms with Crippen molar-refractivity contribution in [3.63, 3.8) is 0 Å². The Morgan fingerprint density at radius 2 is 2.19 bits per heavy atom. The minimum Gasteiger partial charge on any atom is -0.353 e. The fourth-order valence-corrected chi connectivity index (χ4v) is 1.96. The molecule has 0 saturated carbocycles. The highest BCUT2D eigenvalue weighted by molar-refractivity contribution is 7.99. The van der Waals surface area contributed by atoms with Gasteiger partial charge in [0.25, 0.3) is 0 Å². The van der Waals surface area contributed by atoms with Gasteiger partial charge in [-0.15, -0.1) is 0 Å². The van der Waals surface area contributed by atoms with Gasteiger partial charge in [-0.05, 0) is 39.5 Å². The van der Waals surface area contributed by atoms with Crippen LogP contribution in [-0.4, -0.2) is 36.0 Å². The summed E-state index contributed by atoms with van der Waals surface area (Å²) in [5.41, 5.74) is 0. The van der Waals surface area contributed by atoms with Gasteiger partial charge in [-0.3, -0.25) is 4.79 Å². The van der Waals surface area contributed by atoms with Crippen LogP contribution in [0, 0.1) is 0 Å². The van der Waals surface area contributed by atoms with Crippen molar-refractivity contribution >= 4 is 17.7 Å². The predicted molar refractivity (Wildman–Crippen MR) is 70.9 cm³/mol. The van der Waals surface area contributed by atoms with Crippen molar-refractivity contribution in [3.8, 4) is 0 Å². The number of nitrogens with one attached hydrogen (secondary N) is 2. The molecule has 0 aromatic heterocycles. The summed E-state index contributed by atoms with van der Waals surface area (Å²) < 4.78 is 0.125. The van der Waals surface area contributed by atoms with Crippen LogP contribution in [0.5, 0.6) is 0 Å². The molecule has 0 spiro atoms. The third kappa shape index (κ3) is 4.74. The molecule has 0 radical (unpaired) electrons. The predicted octanol–water partition coefficient (Wildman–Crippen LogP) is 1.78. The van der Waals surface area contributed by atoms with Crippen LogP contribution >= 0.6 is 11.8 Å². The summed E-state index contributed by atoms with van der Waals surface area (Å²) in [5, 5.41) is 6.37. The first-order chi connectivity index (χ1) is 7.55. The molecule has 1 saturated heterocycles. The molecule has 16 heavy (non-hydrogen) atoms. The van der Waals surface area contributed by atoms with Crippen LogP contribution in [0.25, 0.3) is 0 Å². The first-order valence-corrected chi connectivity index (χ1v) is 7.34. The average Bonchev–Trinajstić information content (AvgIpc) is 2.54. The van der Waals surface area contributed by atoms with Gasteiger partial charge in [-0.2, -0.15) is 11.8 Å². The maximum absolute atomic E-state index is 11.9. The number of rotatable bonds is 4. The third-order valence-electron chi connectivity index (χ3n) is 3.12. The minimum atomic E-state index is 0.0279. The van der Waals surface area contributed by atoms with Crippen LogP contribution in [0.15, 0.2) is 0 Å². The van der Waals surface area contributed by atoms with Crippen LogP contribution in [0.2, 0.25) is 0 Å². The summed E-state index contributed by atoms with van der Waals surface area (Å²) in [7, 11) is 0. The monoisotopic (exact) mass is 244 g/mol. The van der Waals surface area contributed by atoms with E-state index in [9.17, 15) is 4.79 Å². The van der Waals surface area contributed by atoms with Crippen LogP contribution in [-0.2, 0) is 4.79 Å². The molecule has 0 aromatic carbocycles. The highest BCUT2D eigenvalue weighted by Crippen LogP contribution is 2.19. The van der Waals surface area contributed by atoms with Gasteiger partial charge in [-0.25, -0.2) is 0 Å². The van der Waals surface area contributed by atoms with Crippen molar-refractivity contribution in [3.05, 3.63) is 0 Å². The second kappa shape index (κ2) is 6.50. The highest BCUT2D eigenvalue weighted by Gasteiger charge is 2.22. The quantitative estimate of drug-likeness (QED) is 0.792. The zero-order valence-corrected chi connectivity index (χ0v) is 11.5. The zero-order valence-electron chi connectivity index (χ0n) is 10.6. The molecule has 1 rings (SSSR count). The fraction of sp³-hybridized carbons (Fsp3) is 0.917. The lowest BCUT2D eigenvalue weighted by Crippen LogP contribution is -2.47. The maximum atomic E-state index is 11.9. The topological polar surface area (TPSA) is 41.1 Å². The van der Waals surface area contributed by atoms with Gasteiger partial charge in [0.2, 0.25) is 5.91 Å². The van der Waals surface area contributed by atoms with Crippen LogP contribution in [0.3, 0.4) is 0 Å². The lowest BCUT2D eigenvalue weighted by Gasteiger charge is -2.24. The molecule has 1 aliphatic rings. The standard InChI is InChI=1S/C12H24N2OS/c1-12(2,16-3)9-14-11(15)10-7-5-4-6-8-13-10/h10,13H,4-9H2,1-3H3,(H,14,15). The molecule has 94 valence electrons. The smallest absolute Gasteiger partial charge is 0.237 e. The second-order valence-corrected chi connectivity index (χ2v) is 6.55. The normalized spacial score (nSPS) is 22.6. The number of carbonyl (C=O) groups is 1. The summed E-state index contributed by atoms with van der Waals surface area (Å²) in [6.45, 7) is 6.02. The van der Waals surface area contributed by atoms with E-state index >= 15 is 0 Å². The molecule has 1 atom stereocenters. The number of hydrogen-bond donors (Lipinski definition) is 2. The second-order valence-electron chi connectivity index (χ2n) is 5.04. The van der Waals surface area contributed by atoms with Crippen molar-refractivity contribution < 1.29 is 4.79 Å². The first kappa shape index (κ1) is 13.8. The summed E-state index contributed by atoms with van der Waals surface area (Å²) in [4.78, 5) is 11.9. The Labute approximate surface area is 103 Å². The van der Waals surface area contributed by atoms with E-state index in [1.807, 2.05) is 0 Å². The fourth-order valence-electron chi connectivity index (χ4n) is 1.75. The van der Waals surface area contributed by atoms with Gasteiger partial charge in [0.1, 0.15) is 0 Å². The summed E-state index contributed by atoms with van der Waals surface area (Å²) in [5.74, 6) is 0.170. The Balaban J connectivity index is 2.33.